The first kappa shape index (κ1) is 24.0. The molecule has 0 saturated carbocycles. The van der Waals surface area contributed by atoms with Crippen LogP contribution in [0, 0.1) is 0 Å². The smallest absolute Gasteiger partial charge is 0.340 e. The molecule has 166 valence electrons. The second-order valence-corrected chi connectivity index (χ2v) is 6.70. The number of carbonyl (C=O) groups excluding carboxylic acids is 3. The fourth-order valence-electron chi connectivity index (χ4n) is 3.06. The first-order valence-corrected chi connectivity index (χ1v) is 9.67. The number of carbonyl (C=O) groups is 3. The van der Waals surface area contributed by atoms with Gasteiger partial charge < -0.3 is 24.3 Å². The Kier molecular flexibility index (Phi) is 9.17. The molecule has 0 heterocycles. The summed E-state index contributed by atoms with van der Waals surface area (Å²) in [5.74, 6) is -2.03. The maximum absolute atomic E-state index is 12.8. The zero-order chi connectivity index (χ0) is 22.8. The molecule has 4 atom stereocenters. The summed E-state index contributed by atoms with van der Waals surface area (Å²) in [7, 11) is 3.95. The van der Waals surface area contributed by atoms with Crippen molar-refractivity contribution in [2.45, 2.75) is 31.3 Å². The third-order valence-corrected chi connectivity index (χ3v) is 4.65. The number of hydrogen-bond donors (Lipinski definition) is 1. The zero-order valence-corrected chi connectivity index (χ0v) is 17.9. The molecule has 8 nitrogen and oxygen atoms in total. The van der Waals surface area contributed by atoms with Crippen molar-refractivity contribution in [1.29, 1.82) is 0 Å². The zero-order valence-electron chi connectivity index (χ0n) is 17.9. The highest BCUT2D eigenvalue weighted by molar-refractivity contribution is 5.88. The SMILES string of the molecule is COC(=O)[C@@H](NC(=O)[C@H](OC)c1ccccc1)[C@H](C)OC(=O)[C@H](OC)c1ccccc1. The number of ether oxygens (including phenoxy) is 4. The van der Waals surface area contributed by atoms with Crippen LogP contribution in [-0.2, 0) is 33.3 Å². The molecule has 0 radical (unpaired) electrons. The molecule has 2 rings (SSSR count). The Morgan fingerprint density at radius 1 is 0.742 bits per heavy atom. The predicted octanol–water partition coefficient (Wildman–Crippen LogP) is 2.35. The number of benzene rings is 2. The molecule has 2 aromatic carbocycles. The molecule has 2 aromatic rings. The van der Waals surface area contributed by atoms with Crippen LogP contribution in [0.1, 0.15) is 30.3 Å². The van der Waals surface area contributed by atoms with Gasteiger partial charge in [0, 0.05) is 14.2 Å². The molecule has 0 aliphatic carbocycles. The molecule has 0 aliphatic rings. The second kappa shape index (κ2) is 11.8. The van der Waals surface area contributed by atoms with Crippen molar-refractivity contribution in [3.05, 3.63) is 71.8 Å². The van der Waals surface area contributed by atoms with Gasteiger partial charge in [-0.1, -0.05) is 60.7 Å². The quantitative estimate of drug-likeness (QED) is 0.579. The van der Waals surface area contributed by atoms with E-state index in [1.165, 1.54) is 28.3 Å². The van der Waals surface area contributed by atoms with Crippen LogP contribution in [0.4, 0.5) is 0 Å². The summed E-state index contributed by atoms with van der Waals surface area (Å²) < 4.78 is 20.8. The van der Waals surface area contributed by atoms with Gasteiger partial charge in [-0.05, 0) is 18.1 Å². The van der Waals surface area contributed by atoms with Crippen LogP contribution < -0.4 is 5.32 Å². The van der Waals surface area contributed by atoms with E-state index in [4.69, 9.17) is 18.9 Å². The third-order valence-electron chi connectivity index (χ3n) is 4.65. The summed E-state index contributed by atoms with van der Waals surface area (Å²) in [6, 6.07) is 16.4. The summed E-state index contributed by atoms with van der Waals surface area (Å²) >= 11 is 0. The van der Waals surface area contributed by atoms with E-state index in [2.05, 4.69) is 5.32 Å². The van der Waals surface area contributed by atoms with E-state index in [1.54, 1.807) is 48.5 Å². The summed E-state index contributed by atoms with van der Waals surface area (Å²) in [5.41, 5.74) is 1.21. The highest BCUT2D eigenvalue weighted by Gasteiger charge is 2.35. The minimum Gasteiger partial charge on any atom is -0.467 e. The molecular formula is C23H27NO7. The van der Waals surface area contributed by atoms with Crippen molar-refractivity contribution in [3.8, 4) is 0 Å². The number of nitrogens with one attached hydrogen (secondary N) is 1. The van der Waals surface area contributed by atoms with Crippen LogP contribution in [-0.4, -0.2) is 51.3 Å². The van der Waals surface area contributed by atoms with Crippen molar-refractivity contribution < 1.29 is 33.3 Å². The first-order chi connectivity index (χ1) is 14.9. The number of hydrogen-bond acceptors (Lipinski definition) is 7. The van der Waals surface area contributed by atoms with Crippen LogP contribution in [0.25, 0.3) is 0 Å². The van der Waals surface area contributed by atoms with E-state index in [-0.39, 0.29) is 0 Å². The Bertz CT molecular complexity index is 857. The van der Waals surface area contributed by atoms with Crippen molar-refractivity contribution in [2.24, 2.45) is 0 Å². The molecule has 1 amide bonds. The Hall–Kier alpha value is -3.23. The topological polar surface area (TPSA) is 100 Å². The van der Waals surface area contributed by atoms with E-state index >= 15 is 0 Å². The summed E-state index contributed by atoms with van der Waals surface area (Å²) in [5, 5.41) is 2.56. The van der Waals surface area contributed by atoms with E-state index in [0.29, 0.717) is 11.1 Å². The van der Waals surface area contributed by atoms with Gasteiger partial charge in [0.25, 0.3) is 5.91 Å². The molecule has 1 N–H and O–H groups in total. The Balaban J connectivity index is 2.14. The molecule has 0 aromatic heterocycles. The van der Waals surface area contributed by atoms with Crippen LogP contribution >= 0.6 is 0 Å². The minimum atomic E-state index is -1.24. The van der Waals surface area contributed by atoms with Crippen LogP contribution in [0.3, 0.4) is 0 Å². The van der Waals surface area contributed by atoms with Gasteiger partial charge in [-0.2, -0.15) is 0 Å². The fraction of sp³-hybridized carbons (Fsp3) is 0.348. The van der Waals surface area contributed by atoms with Gasteiger partial charge in [-0.25, -0.2) is 9.59 Å². The van der Waals surface area contributed by atoms with Gasteiger partial charge in [0.1, 0.15) is 6.10 Å². The van der Waals surface area contributed by atoms with Gasteiger partial charge in [-0.15, -0.1) is 0 Å². The minimum absolute atomic E-state index is 0.571. The Morgan fingerprint density at radius 2 is 1.23 bits per heavy atom. The molecule has 0 fully saturated rings. The Morgan fingerprint density at radius 3 is 1.68 bits per heavy atom. The molecule has 0 saturated heterocycles. The molecular weight excluding hydrogens is 402 g/mol. The van der Waals surface area contributed by atoms with Crippen molar-refractivity contribution in [3.63, 3.8) is 0 Å². The van der Waals surface area contributed by atoms with E-state index in [1.807, 2.05) is 12.1 Å². The third kappa shape index (κ3) is 6.37. The van der Waals surface area contributed by atoms with E-state index < -0.39 is 42.2 Å². The number of esters is 2. The maximum Gasteiger partial charge on any atom is 0.340 e. The number of rotatable bonds is 10. The standard InChI is InChI=1S/C23H27NO7/c1-15(31-23(27)20(29-3)17-13-9-6-10-14-17)18(22(26)30-4)24-21(25)19(28-2)16-11-7-5-8-12-16/h5-15,18-20H,1-4H3,(H,24,25)/t15-,18-,19+,20+/m0/s1. The second-order valence-electron chi connectivity index (χ2n) is 6.70. The lowest BCUT2D eigenvalue weighted by atomic mass is 10.1. The average Bonchev–Trinajstić information content (AvgIpc) is 2.79. The van der Waals surface area contributed by atoms with Gasteiger partial charge >= 0.3 is 11.9 Å². The van der Waals surface area contributed by atoms with Gasteiger partial charge in [0.2, 0.25) is 0 Å². The van der Waals surface area contributed by atoms with Gasteiger partial charge in [0.15, 0.2) is 18.2 Å². The normalized spacial score (nSPS) is 14.6. The molecule has 0 bridgehead atoms. The van der Waals surface area contributed by atoms with E-state index in [9.17, 15) is 14.4 Å². The summed E-state index contributed by atoms with van der Waals surface area (Å²) in [6.07, 6.45) is -2.96. The maximum atomic E-state index is 12.8. The highest BCUT2D eigenvalue weighted by atomic mass is 16.6. The van der Waals surface area contributed by atoms with Crippen molar-refractivity contribution >= 4 is 17.8 Å². The lowest BCUT2D eigenvalue weighted by molar-refractivity contribution is -0.166. The number of methoxy groups -OCH3 is 3. The van der Waals surface area contributed by atoms with Crippen LogP contribution in [0.5, 0.6) is 0 Å². The van der Waals surface area contributed by atoms with Crippen LogP contribution in [0.2, 0.25) is 0 Å². The van der Waals surface area contributed by atoms with Gasteiger partial charge in [-0.3, -0.25) is 4.79 Å². The monoisotopic (exact) mass is 429 g/mol. The average molecular weight is 429 g/mol. The molecule has 8 heteroatoms. The Labute approximate surface area is 181 Å². The van der Waals surface area contributed by atoms with Crippen LogP contribution in [0.15, 0.2) is 60.7 Å². The first-order valence-electron chi connectivity index (χ1n) is 9.67. The van der Waals surface area contributed by atoms with Crippen molar-refractivity contribution in [1.82, 2.24) is 5.32 Å². The van der Waals surface area contributed by atoms with E-state index in [0.717, 1.165) is 0 Å². The molecule has 0 spiro atoms. The molecule has 0 unspecified atom stereocenters. The lowest BCUT2D eigenvalue weighted by Gasteiger charge is -2.26. The summed E-state index contributed by atoms with van der Waals surface area (Å²) in [4.78, 5) is 37.8. The molecule has 0 aliphatic heterocycles. The number of amides is 1. The lowest BCUT2D eigenvalue weighted by Crippen LogP contribution is -2.51. The van der Waals surface area contributed by atoms with Gasteiger partial charge in [0.05, 0.1) is 7.11 Å². The van der Waals surface area contributed by atoms with Crippen molar-refractivity contribution in [2.75, 3.05) is 21.3 Å². The largest absolute Gasteiger partial charge is 0.467 e. The predicted molar refractivity (Wildman–Crippen MR) is 112 cm³/mol. The summed E-state index contributed by atoms with van der Waals surface area (Å²) in [6.45, 7) is 1.49. The molecule has 31 heavy (non-hydrogen) atoms. The highest BCUT2D eigenvalue weighted by Crippen LogP contribution is 2.20. The fourth-order valence-corrected chi connectivity index (χ4v) is 3.06.